The third-order valence-corrected chi connectivity index (χ3v) is 4.62. The van der Waals surface area contributed by atoms with Crippen molar-refractivity contribution >= 4 is 11.8 Å². The van der Waals surface area contributed by atoms with Crippen molar-refractivity contribution in [1.82, 2.24) is 5.32 Å². The van der Waals surface area contributed by atoms with Crippen molar-refractivity contribution in [3.05, 3.63) is 65.5 Å². The number of aryl methyl sites for hydroxylation is 1. The van der Waals surface area contributed by atoms with Gasteiger partial charge < -0.3 is 5.32 Å². The maximum Gasteiger partial charge on any atom is 0.136 e. The van der Waals surface area contributed by atoms with Gasteiger partial charge in [-0.1, -0.05) is 49.7 Å². The number of hydrogen-bond acceptors (Lipinski definition) is 2. The molecule has 21 heavy (non-hydrogen) atoms. The number of nitrogens with one attached hydrogen (secondary N) is 1. The largest absolute Gasteiger partial charge is 0.312 e. The minimum atomic E-state index is -0.142. The first-order chi connectivity index (χ1) is 10.2. The Morgan fingerprint density at radius 1 is 1.14 bits per heavy atom. The highest BCUT2D eigenvalue weighted by Crippen LogP contribution is 2.27. The van der Waals surface area contributed by atoms with E-state index in [1.807, 2.05) is 19.2 Å². The molecule has 0 aliphatic rings. The fourth-order valence-corrected chi connectivity index (χ4v) is 3.42. The highest BCUT2D eigenvalue weighted by Gasteiger charge is 2.11. The predicted molar refractivity (Wildman–Crippen MR) is 89.4 cm³/mol. The van der Waals surface area contributed by atoms with Crippen LogP contribution in [0.4, 0.5) is 4.39 Å². The van der Waals surface area contributed by atoms with Crippen LogP contribution in [0.1, 0.15) is 30.5 Å². The van der Waals surface area contributed by atoms with Gasteiger partial charge in [0.1, 0.15) is 5.82 Å². The van der Waals surface area contributed by atoms with Crippen molar-refractivity contribution in [1.29, 1.82) is 0 Å². The van der Waals surface area contributed by atoms with Crippen LogP contribution in [0.3, 0.4) is 0 Å². The van der Waals surface area contributed by atoms with Crippen LogP contribution in [0, 0.1) is 5.82 Å². The first-order valence-electron chi connectivity index (χ1n) is 7.38. The second-order valence-electron chi connectivity index (χ2n) is 5.08. The minimum Gasteiger partial charge on any atom is -0.312 e. The van der Waals surface area contributed by atoms with Gasteiger partial charge in [0.15, 0.2) is 0 Å². The molecule has 0 aliphatic carbocycles. The Bertz CT molecular complexity index is 571. The van der Waals surface area contributed by atoms with Crippen LogP contribution in [0.2, 0.25) is 0 Å². The summed E-state index contributed by atoms with van der Waals surface area (Å²) in [7, 11) is 1.96. The zero-order valence-corrected chi connectivity index (χ0v) is 13.4. The van der Waals surface area contributed by atoms with Crippen LogP contribution < -0.4 is 5.32 Å². The molecule has 112 valence electrons. The van der Waals surface area contributed by atoms with Gasteiger partial charge in [-0.2, -0.15) is 0 Å². The van der Waals surface area contributed by atoms with E-state index in [-0.39, 0.29) is 11.9 Å². The van der Waals surface area contributed by atoms with E-state index in [0.29, 0.717) is 4.90 Å². The zero-order chi connectivity index (χ0) is 15.1. The molecule has 2 aromatic rings. The summed E-state index contributed by atoms with van der Waals surface area (Å²) in [5, 5.41) is 3.33. The monoisotopic (exact) mass is 303 g/mol. The Kier molecular flexibility index (Phi) is 6.27. The summed E-state index contributed by atoms with van der Waals surface area (Å²) in [6.07, 6.45) is 2.25. The minimum absolute atomic E-state index is 0.142. The summed E-state index contributed by atoms with van der Waals surface area (Å²) in [4.78, 5) is 0.711. The van der Waals surface area contributed by atoms with Crippen molar-refractivity contribution in [2.45, 2.75) is 30.7 Å². The van der Waals surface area contributed by atoms with Crippen molar-refractivity contribution in [3.63, 3.8) is 0 Å². The van der Waals surface area contributed by atoms with Crippen molar-refractivity contribution in [3.8, 4) is 0 Å². The summed E-state index contributed by atoms with van der Waals surface area (Å²) in [5.41, 5.74) is 2.64. The van der Waals surface area contributed by atoms with Gasteiger partial charge in [0.05, 0.1) is 0 Å². The van der Waals surface area contributed by atoms with E-state index in [0.717, 1.165) is 18.6 Å². The zero-order valence-electron chi connectivity index (χ0n) is 12.6. The number of halogens is 1. The number of benzene rings is 2. The molecule has 0 radical (unpaired) electrons. The van der Waals surface area contributed by atoms with Gasteiger partial charge in [0.2, 0.25) is 0 Å². The molecular weight excluding hydrogens is 281 g/mol. The second-order valence-corrected chi connectivity index (χ2v) is 6.14. The molecule has 0 fully saturated rings. The molecule has 2 aromatic carbocycles. The molecule has 0 spiro atoms. The molecule has 0 amide bonds. The van der Waals surface area contributed by atoms with E-state index in [2.05, 4.69) is 36.5 Å². The molecule has 0 bridgehead atoms. The third-order valence-electron chi connectivity index (χ3n) is 3.48. The van der Waals surface area contributed by atoms with Crippen molar-refractivity contribution in [2.24, 2.45) is 0 Å². The van der Waals surface area contributed by atoms with Crippen molar-refractivity contribution in [2.75, 3.05) is 12.8 Å². The average molecular weight is 303 g/mol. The molecule has 2 rings (SSSR count). The summed E-state index contributed by atoms with van der Waals surface area (Å²) in [6, 6.07) is 15.9. The maximum atomic E-state index is 13.7. The van der Waals surface area contributed by atoms with Gasteiger partial charge >= 0.3 is 0 Å². The molecule has 0 heterocycles. The Morgan fingerprint density at radius 3 is 2.67 bits per heavy atom. The van der Waals surface area contributed by atoms with Crippen LogP contribution in [0.25, 0.3) is 0 Å². The first kappa shape index (κ1) is 16.1. The van der Waals surface area contributed by atoms with Gasteiger partial charge in [-0.05, 0) is 36.7 Å². The Morgan fingerprint density at radius 2 is 1.95 bits per heavy atom. The van der Waals surface area contributed by atoms with Crippen LogP contribution in [-0.4, -0.2) is 12.8 Å². The Labute approximate surface area is 131 Å². The second kappa shape index (κ2) is 8.20. The summed E-state index contributed by atoms with van der Waals surface area (Å²) < 4.78 is 13.7. The molecule has 1 N–H and O–H groups in total. The van der Waals surface area contributed by atoms with Crippen LogP contribution in [0.5, 0.6) is 0 Å². The smallest absolute Gasteiger partial charge is 0.136 e. The van der Waals surface area contributed by atoms with E-state index in [1.165, 1.54) is 17.2 Å². The quantitative estimate of drug-likeness (QED) is 0.735. The maximum absolute atomic E-state index is 13.7. The lowest BCUT2D eigenvalue weighted by Gasteiger charge is -2.17. The molecule has 1 atom stereocenters. The number of thioether (sulfide) groups is 1. The van der Waals surface area contributed by atoms with E-state index in [1.54, 1.807) is 17.8 Å². The normalized spacial score (nSPS) is 12.3. The van der Waals surface area contributed by atoms with Crippen molar-refractivity contribution < 1.29 is 4.39 Å². The fourth-order valence-electron chi connectivity index (χ4n) is 2.34. The van der Waals surface area contributed by atoms with E-state index >= 15 is 0 Å². The summed E-state index contributed by atoms with van der Waals surface area (Å²) in [6.45, 7) is 2.19. The van der Waals surface area contributed by atoms with Gasteiger partial charge in [-0.25, -0.2) is 4.39 Å². The van der Waals surface area contributed by atoms with Gasteiger partial charge in [-0.15, -0.1) is 11.8 Å². The molecule has 1 nitrogen and oxygen atoms in total. The Hall–Kier alpha value is -1.32. The topological polar surface area (TPSA) is 12.0 Å². The van der Waals surface area contributed by atoms with Crippen LogP contribution in [-0.2, 0) is 6.42 Å². The molecule has 0 saturated carbocycles. The summed E-state index contributed by atoms with van der Waals surface area (Å²) >= 11 is 1.56. The van der Waals surface area contributed by atoms with Gasteiger partial charge in [0, 0.05) is 16.7 Å². The predicted octanol–water partition coefficient (Wildman–Crippen LogP) is 4.83. The molecule has 0 saturated heterocycles. The van der Waals surface area contributed by atoms with Gasteiger partial charge in [-0.3, -0.25) is 0 Å². The first-order valence-corrected chi connectivity index (χ1v) is 8.36. The molecule has 0 aromatic heterocycles. The highest BCUT2D eigenvalue weighted by atomic mass is 32.2. The van der Waals surface area contributed by atoms with E-state index in [9.17, 15) is 4.39 Å². The molecular formula is C18H22FNS. The molecule has 3 heteroatoms. The van der Waals surface area contributed by atoms with Crippen LogP contribution >= 0.6 is 11.8 Å². The lowest BCUT2D eigenvalue weighted by atomic mass is 10.0. The van der Waals surface area contributed by atoms with E-state index in [4.69, 9.17) is 0 Å². The van der Waals surface area contributed by atoms with E-state index < -0.39 is 0 Å². The number of hydrogen-bond donors (Lipinski definition) is 1. The third kappa shape index (κ3) is 4.58. The lowest BCUT2D eigenvalue weighted by Crippen LogP contribution is -2.19. The van der Waals surface area contributed by atoms with Gasteiger partial charge in [0.25, 0.3) is 0 Å². The van der Waals surface area contributed by atoms with Crippen LogP contribution in [0.15, 0.2) is 53.4 Å². The molecule has 1 unspecified atom stereocenters. The fraction of sp³-hybridized carbons (Fsp3) is 0.333. The SMILES string of the molecule is CCCc1cccc(C(CSc2ccccc2F)NC)c1. The standard InChI is InChI=1S/C18H22FNS/c1-3-7-14-8-6-9-15(12-14)17(20-2)13-21-18-11-5-4-10-16(18)19/h4-6,8-12,17,20H,3,7,13H2,1-2H3. The average Bonchev–Trinajstić information content (AvgIpc) is 2.50. The Balaban J connectivity index is 2.06. The molecule has 0 aliphatic heterocycles. The number of rotatable bonds is 7. The highest BCUT2D eigenvalue weighted by molar-refractivity contribution is 7.99. The summed E-state index contributed by atoms with van der Waals surface area (Å²) in [5.74, 6) is 0.671. The lowest BCUT2D eigenvalue weighted by molar-refractivity contribution is 0.601.